The van der Waals surface area contributed by atoms with E-state index in [0.29, 0.717) is 4.47 Å². The minimum Gasteiger partial charge on any atom is -0.507 e. The third-order valence-electron chi connectivity index (χ3n) is 4.53. The molecule has 1 aliphatic heterocycles. The van der Waals surface area contributed by atoms with Gasteiger partial charge in [-0.05, 0) is 42.5 Å². The van der Waals surface area contributed by atoms with Gasteiger partial charge in [-0.2, -0.15) is 17.5 Å². The van der Waals surface area contributed by atoms with Gasteiger partial charge in [-0.3, -0.25) is 4.79 Å². The van der Waals surface area contributed by atoms with Gasteiger partial charge in [0.15, 0.2) is 0 Å². The molecule has 11 heteroatoms. The zero-order valence-electron chi connectivity index (χ0n) is 14.9. The maximum absolute atomic E-state index is 12.7. The van der Waals surface area contributed by atoms with Crippen molar-refractivity contribution in [1.29, 1.82) is 0 Å². The summed E-state index contributed by atoms with van der Waals surface area (Å²) in [6, 6.07) is 7.74. The SMILES string of the molecule is O=C(c1cc(Br)ccc1O)N1CCN(S(=O)(=O)c2ccc(C(F)(F)F)cc2)CC1. The lowest BCUT2D eigenvalue weighted by atomic mass is 10.1. The Labute approximate surface area is 173 Å². The van der Waals surface area contributed by atoms with Gasteiger partial charge in [-0.1, -0.05) is 15.9 Å². The van der Waals surface area contributed by atoms with Crippen molar-refractivity contribution in [2.45, 2.75) is 11.1 Å². The number of phenolic OH excluding ortho intramolecular Hbond substituents is 1. The van der Waals surface area contributed by atoms with Crippen molar-refractivity contribution in [3.8, 4) is 5.75 Å². The van der Waals surface area contributed by atoms with E-state index in [2.05, 4.69) is 15.9 Å². The molecule has 0 aliphatic carbocycles. The number of carbonyl (C=O) groups is 1. The summed E-state index contributed by atoms with van der Waals surface area (Å²) in [5.41, 5.74) is -0.834. The normalized spacial score (nSPS) is 16.1. The van der Waals surface area contributed by atoms with E-state index in [1.54, 1.807) is 6.07 Å². The lowest BCUT2D eigenvalue weighted by molar-refractivity contribution is -0.137. The van der Waals surface area contributed by atoms with E-state index >= 15 is 0 Å². The van der Waals surface area contributed by atoms with E-state index in [0.717, 1.165) is 28.6 Å². The topological polar surface area (TPSA) is 77.9 Å². The van der Waals surface area contributed by atoms with Crippen molar-refractivity contribution in [2.24, 2.45) is 0 Å². The molecule has 1 aliphatic rings. The molecule has 1 saturated heterocycles. The van der Waals surface area contributed by atoms with Crippen molar-refractivity contribution < 1.29 is 31.5 Å². The van der Waals surface area contributed by atoms with Crippen LogP contribution in [-0.2, 0) is 16.2 Å². The number of halogens is 4. The molecule has 0 radical (unpaired) electrons. The van der Waals surface area contributed by atoms with Gasteiger partial charge < -0.3 is 10.0 Å². The summed E-state index contributed by atoms with van der Waals surface area (Å²) in [6.07, 6.45) is -4.55. The number of alkyl halides is 3. The lowest BCUT2D eigenvalue weighted by Crippen LogP contribution is -2.50. The number of hydrogen-bond acceptors (Lipinski definition) is 4. The summed E-state index contributed by atoms with van der Waals surface area (Å²) < 4.78 is 65.1. The number of nitrogens with zero attached hydrogens (tertiary/aromatic N) is 2. The fourth-order valence-electron chi connectivity index (χ4n) is 2.95. The highest BCUT2D eigenvalue weighted by molar-refractivity contribution is 9.10. The molecule has 0 saturated carbocycles. The van der Waals surface area contributed by atoms with Gasteiger partial charge in [0.05, 0.1) is 16.0 Å². The van der Waals surface area contributed by atoms with E-state index in [-0.39, 0.29) is 42.4 Å². The van der Waals surface area contributed by atoms with Crippen molar-refractivity contribution in [3.63, 3.8) is 0 Å². The Bertz CT molecular complexity index is 1020. The molecule has 6 nitrogen and oxygen atoms in total. The van der Waals surface area contributed by atoms with Gasteiger partial charge in [0.25, 0.3) is 5.91 Å². The molecule has 2 aromatic carbocycles. The zero-order chi connectivity index (χ0) is 21.4. The minimum atomic E-state index is -4.55. The van der Waals surface area contributed by atoms with Crippen LogP contribution in [0.2, 0.25) is 0 Å². The summed E-state index contributed by atoms with van der Waals surface area (Å²) in [4.78, 5) is 13.8. The molecule has 1 heterocycles. The largest absolute Gasteiger partial charge is 0.507 e. The number of phenols is 1. The van der Waals surface area contributed by atoms with Gasteiger partial charge in [0.1, 0.15) is 5.75 Å². The molecule has 0 aromatic heterocycles. The number of amides is 1. The first-order valence-corrected chi connectivity index (χ1v) is 10.7. The Morgan fingerprint density at radius 2 is 1.59 bits per heavy atom. The Morgan fingerprint density at radius 1 is 1.00 bits per heavy atom. The van der Waals surface area contributed by atoms with E-state index in [1.807, 2.05) is 0 Å². The fraction of sp³-hybridized carbons (Fsp3) is 0.278. The second-order valence-electron chi connectivity index (χ2n) is 6.38. The van der Waals surface area contributed by atoms with Crippen LogP contribution in [0.3, 0.4) is 0 Å². The molecule has 1 N–H and O–H groups in total. The maximum Gasteiger partial charge on any atom is 0.416 e. The molecule has 156 valence electrons. The first kappa shape index (κ1) is 21.6. The number of carbonyl (C=O) groups excluding carboxylic acids is 1. The highest BCUT2D eigenvalue weighted by Crippen LogP contribution is 2.30. The maximum atomic E-state index is 12.7. The molecule has 3 rings (SSSR count). The van der Waals surface area contributed by atoms with Crippen LogP contribution >= 0.6 is 15.9 Å². The first-order chi connectivity index (χ1) is 13.5. The molecular formula is C18H16BrF3N2O4S. The Hall–Kier alpha value is -2.11. The quantitative estimate of drug-likeness (QED) is 0.712. The second-order valence-corrected chi connectivity index (χ2v) is 9.23. The van der Waals surface area contributed by atoms with Crippen LogP contribution in [0, 0.1) is 0 Å². The number of sulfonamides is 1. The van der Waals surface area contributed by atoms with Gasteiger partial charge in [0, 0.05) is 30.7 Å². The fourth-order valence-corrected chi connectivity index (χ4v) is 4.73. The smallest absolute Gasteiger partial charge is 0.416 e. The zero-order valence-corrected chi connectivity index (χ0v) is 17.3. The molecule has 2 aromatic rings. The second kappa shape index (κ2) is 7.96. The van der Waals surface area contributed by atoms with Crippen molar-refractivity contribution in [3.05, 3.63) is 58.1 Å². The number of aromatic hydroxyl groups is 1. The summed E-state index contributed by atoms with van der Waals surface area (Å²) in [6.45, 7) is 0.156. The highest BCUT2D eigenvalue weighted by Gasteiger charge is 2.33. The van der Waals surface area contributed by atoms with Gasteiger partial charge >= 0.3 is 6.18 Å². The predicted octanol–water partition coefficient (Wildman–Crippen LogP) is 3.32. The average molecular weight is 493 g/mol. The van der Waals surface area contributed by atoms with Gasteiger partial charge in [0.2, 0.25) is 10.0 Å². The molecule has 0 atom stereocenters. The summed E-state index contributed by atoms with van der Waals surface area (Å²) in [7, 11) is -3.98. The number of piperazine rings is 1. The molecule has 0 bridgehead atoms. The third kappa shape index (κ3) is 4.57. The van der Waals surface area contributed by atoms with E-state index in [9.17, 15) is 31.5 Å². The van der Waals surface area contributed by atoms with E-state index in [1.165, 1.54) is 17.0 Å². The van der Waals surface area contributed by atoms with Crippen LogP contribution < -0.4 is 0 Å². The van der Waals surface area contributed by atoms with E-state index < -0.39 is 27.7 Å². The highest BCUT2D eigenvalue weighted by atomic mass is 79.9. The Kier molecular flexibility index (Phi) is 5.93. The first-order valence-electron chi connectivity index (χ1n) is 8.45. The minimum absolute atomic E-state index is 0.0101. The predicted molar refractivity (Wildman–Crippen MR) is 102 cm³/mol. The molecule has 0 spiro atoms. The van der Waals surface area contributed by atoms with Crippen LogP contribution in [0.25, 0.3) is 0 Å². The summed E-state index contributed by atoms with van der Waals surface area (Å²) in [5.74, 6) is -0.617. The Balaban J connectivity index is 1.71. The lowest BCUT2D eigenvalue weighted by Gasteiger charge is -2.34. The molecule has 0 unspecified atom stereocenters. The average Bonchev–Trinajstić information content (AvgIpc) is 2.69. The Morgan fingerprint density at radius 3 is 2.14 bits per heavy atom. The molecule has 29 heavy (non-hydrogen) atoms. The van der Waals surface area contributed by atoms with E-state index in [4.69, 9.17) is 0 Å². The van der Waals surface area contributed by atoms with Crippen LogP contribution in [-0.4, -0.2) is 54.8 Å². The summed E-state index contributed by atoms with van der Waals surface area (Å²) in [5, 5.41) is 9.89. The number of rotatable bonds is 3. The van der Waals surface area contributed by atoms with Crippen LogP contribution in [0.1, 0.15) is 15.9 Å². The number of hydrogen-bond donors (Lipinski definition) is 1. The van der Waals surface area contributed by atoms with Crippen molar-refractivity contribution in [2.75, 3.05) is 26.2 Å². The third-order valence-corrected chi connectivity index (χ3v) is 6.94. The molecule has 1 amide bonds. The molecular weight excluding hydrogens is 477 g/mol. The van der Waals surface area contributed by atoms with Crippen LogP contribution in [0.5, 0.6) is 5.75 Å². The molecule has 1 fully saturated rings. The van der Waals surface area contributed by atoms with Crippen LogP contribution in [0.4, 0.5) is 13.2 Å². The van der Waals surface area contributed by atoms with Crippen molar-refractivity contribution in [1.82, 2.24) is 9.21 Å². The monoisotopic (exact) mass is 492 g/mol. The van der Waals surface area contributed by atoms with Crippen LogP contribution in [0.15, 0.2) is 51.8 Å². The summed E-state index contributed by atoms with van der Waals surface area (Å²) >= 11 is 3.23. The number of benzene rings is 2. The standard InChI is InChI=1S/C18H16BrF3N2O4S/c19-13-3-6-16(25)15(11-13)17(26)23-7-9-24(10-8-23)29(27,28)14-4-1-12(2-5-14)18(20,21)22/h1-6,11,25H,7-10H2. The van der Waals surface area contributed by atoms with Gasteiger partial charge in [-0.25, -0.2) is 8.42 Å². The van der Waals surface area contributed by atoms with Gasteiger partial charge in [-0.15, -0.1) is 0 Å². The van der Waals surface area contributed by atoms with Crippen molar-refractivity contribution >= 4 is 31.9 Å².